The Morgan fingerprint density at radius 3 is 2.10 bits per heavy atom. The predicted molar refractivity (Wildman–Crippen MR) is 159 cm³/mol. The number of likely N-dealkylation sites (tertiary alicyclic amines) is 1. The Morgan fingerprint density at radius 1 is 0.927 bits per heavy atom. The van der Waals surface area contributed by atoms with E-state index < -0.39 is 23.8 Å². The van der Waals surface area contributed by atoms with Gasteiger partial charge in [0.25, 0.3) is 0 Å². The number of nitrogens with one attached hydrogen (secondary N) is 3. The summed E-state index contributed by atoms with van der Waals surface area (Å²) in [5.74, 6) is -1.09. The van der Waals surface area contributed by atoms with Crippen molar-refractivity contribution >= 4 is 29.5 Å². The number of aryl methyl sites for hydroxylation is 1. The molecular weight excluding hydrogens is 520 g/mol. The monoisotopic (exact) mass is 564 g/mol. The smallest absolute Gasteiger partial charge is 0.408 e. The largest absolute Gasteiger partial charge is 0.444 e. The van der Waals surface area contributed by atoms with Crippen molar-refractivity contribution < 1.29 is 23.9 Å². The zero-order chi connectivity index (χ0) is 30.2. The number of hydrogen-bond donors (Lipinski definition) is 3. The summed E-state index contributed by atoms with van der Waals surface area (Å²) in [5.41, 5.74) is 1.99. The minimum absolute atomic E-state index is 0.108. The molecule has 1 saturated heterocycles. The third-order valence-corrected chi connectivity index (χ3v) is 7.02. The number of anilines is 1. The van der Waals surface area contributed by atoms with Crippen molar-refractivity contribution in [3.63, 3.8) is 0 Å². The number of alkyl carbamates (subject to hydrolysis) is 1. The minimum Gasteiger partial charge on any atom is -0.444 e. The van der Waals surface area contributed by atoms with Crippen LogP contribution >= 0.6 is 0 Å². The molecule has 0 saturated carbocycles. The van der Waals surface area contributed by atoms with E-state index in [0.29, 0.717) is 38.0 Å². The van der Waals surface area contributed by atoms with E-state index in [9.17, 15) is 19.2 Å². The second kappa shape index (κ2) is 14.1. The lowest BCUT2D eigenvalue weighted by Gasteiger charge is -2.35. The van der Waals surface area contributed by atoms with Crippen LogP contribution in [0.3, 0.4) is 0 Å². The Labute approximate surface area is 243 Å². The van der Waals surface area contributed by atoms with Crippen LogP contribution in [-0.4, -0.2) is 59.5 Å². The summed E-state index contributed by atoms with van der Waals surface area (Å²) in [5, 5.41) is 8.58. The van der Waals surface area contributed by atoms with Gasteiger partial charge in [-0.15, -0.1) is 0 Å². The SMILES string of the molecule is Cc1ccc(NC(=O)[C@@H](NC(=O)C2CCN(C(=O)[C@H](Cc3ccccc3)NC(=O)OC(C)(C)C)CC2)C(C)C)cc1. The Hall–Kier alpha value is -3.88. The first-order valence-corrected chi connectivity index (χ1v) is 14.3. The van der Waals surface area contributed by atoms with Gasteiger partial charge in [-0.2, -0.15) is 0 Å². The first kappa shape index (κ1) is 31.6. The van der Waals surface area contributed by atoms with Crippen molar-refractivity contribution in [2.45, 2.75) is 78.5 Å². The maximum absolute atomic E-state index is 13.5. The molecule has 9 heteroatoms. The molecule has 3 N–H and O–H groups in total. The second-order valence-electron chi connectivity index (χ2n) is 12.1. The summed E-state index contributed by atoms with van der Waals surface area (Å²) in [6, 6.07) is 15.5. The first-order chi connectivity index (χ1) is 19.3. The van der Waals surface area contributed by atoms with Gasteiger partial charge in [0, 0.05) is 31.1 Å². The molecule has 2 atom stereocenters. The molecule has 9 nitrogen and oxygen atoms in total. The van der Waals surface area contributed by atoms with Gasteiger partial charge in [-0.3, -0.25) is 14.4 Å². The second-order valence-corrected chi connectivity index (χ2v) is 12.1. The highest BCUT2D eigenvalue weighted by Gasteiger charge is 2.34. The molecule has 1 fully saturated rings. The van der Waals surface area contributed by atoms with Crippen LogP contribution < -0.4 is 16.0 Å². The number of piperidine rings is 1. The van der Waals surface area contributed by atoms with Gasteiger partial charge in [0.1, 0.15) is 17.7 Å². The molecule has 0 unspecified atom stereocenters. The van der Waals surface area contributed by atoms with Crippen molar-refractivity contribution in [2.24, 2.45) is 11.8 Å². The van der Waals surface area contributed by atoms with Crippen molar-refractivity contribution in [2.75, 3.05) is 18.4 Å². The number of rotatable bonds is 9. The number of ether oxygens (including phenoxy) is 1. The summed E-state index contributed by atoms with van der Waals surface area (Å²) in [6.45, 7) is 11.8. The van der Waals surface area contributed by atoms with E-state index >= 15 is 0 Å². The fourth-order valence-corrected chi connectivity index (χ4v) is 4.75. The first-order valence-electron chi connectivity index (χ1n) is 14.3. The fourth-order valence-electron chi connectivity index (χ4n) is 4.75. The molecule has 0 radical (unpaired) electrons. The zero-order valence-corrected chi connectivity index (χ0v) is 25.0. The highest BCUT2D eigenvalue weighted by molar-refractivity contribution is 5.97. The van der Waals surface area contributed by atoms with Gasteiger partial charge in [-0.25, -0.2) is 4.79 Å². The van der Waals surface area contributed by atoms with Crippen molar-refractivity contribution in [3.8, 4) is 0 Å². The molecule has 3 rings (SSSR count). The summed E-state index contributed by atoms with van der Waals surface area (Å²) in [4.78, 5) is 53.9. The molecule has 41 heavy (non-hydrogen) atoms. The Balaban J connectivity index is 1.59. The number of carbonyl (C=O) groups excluding carboxylic acids is 4. The van der Waals surface area contributed by atoms with Crippen LogP contribution in [0, 0.1) is 18.8 Å². The third kappa shape index (κ3) is 9.92. The lowest BCUT2D eigenvalue weighted by molar-refractivity contribution is -0.138. The number of benzene rings is 2. The maximum atomic E-state index is 13.5. The average molecular weight is 565 g/mol. The zero-order valence-electron chi connectivity index (χ0n) is 25.0. The van der Waals surface area contributed by atoms with Gasteiger partial charge in [0.15, 0.2) is 0 Å². The lowest BCUT2D eigenvalue weighted by Crippen LogP contribution is -2.54. The summed E-state index contributed by atoms with van der Waals surface area (Å²) in [7, 11) is 0. The molecule has 4 amide bonds. The molecule has 2 aromatic rings. The van der Waals surface area contributed by atoms with Gasteiger partial charge in [-0.1, -0.05) is 61.9 Å². The van der Waals surface area contributed by atoms with Crippen LogP contribution in [0.25, 0.3) is 0 Å². The molecule has 2 aromatic carbocycles. The topological polar surface area (TPSA) is 117 Å². The molecule has 222 valence electrons. The van der Waals surface area contributed by atoms with E-state index in [1.165, 1.54) is 0 Å². The van der Waals surface area contributed by atoms with Crippen LogP contribution in [0.15, 0.2) is 54.6 Å². The lowest BCUT2D eigenvalue weighted by atomic mass is 9.93. The summed E-state index contributed by atoms with van der Waals surface area (Å²) >= 11 is 0. The molecule has 1 aliphatic rings. The highest BCUT2D eigenvalue weighted by Crippen LogP contribution is 2.20. The standard InChI is InChI=1S/C32H44N4O5/c1-21(2)27(29(38)33-25-14-12-22(3)13-15-25)35-28(37)24-16-18-36(19-17-24)30(39)26(20-23-10-8-7-9-11-23)34-31(40)41-32(4,5)6/h7-15,21,24,26-27H,16-20H2,1-6H3,(H,33,38)(H,34,40)(H,35,37)/t26-,27-/m0/s1. The molecular formula is C32H44N4O5. The van der Waals surface area contributed by atoms with E-state index in [-0.39, 0.29) is 29.6 Å². The number of hydrogen-bond acceptors (Lipinski definition) is 5. The Morgan fingerprint density at radius 2 is 1.54 bits per heavy atom. The highest BCUT2D eigenvalue weighted by atomic mass is 16.6. The fraction of sp³-hybridized carbons (Fsp3) is 0.500. The molecule has 0 aromatic heterocycles. The van der Waals surface area contributed by atoms with Crippen LogP contribution in [0.4, 0.5) is 10.5 Å². The average Bonchev–Trinajstić information content (AvgIpc) is 2.91. The van der Waals surface area contributed by atoms with E-state index in [4.69, 9.17) is 4.74 Å². The third-order valence-electron chi connectivity index (χ3n) is 7.02. The quantitative estimate of drug-likeness (QED) is 0.416. The summed E-state index contributed by atoms with van der Waals surface area (Å²) in [6.07, 6.45) is 0.606. The van der Waals surface area contributed by atoms with Crippen LogP contribution in [-0.2, 0) is 25.5 Å². The van der Waals surface area contributed by atoms with E-state index in [0.717, 1.165) is 11.1 Å². The molecule has 1 heterocycles. The summed E-state index contributed by atoms with van der Waals surface area (Å²) < 4.78 is 5.40. The predicted octanol–water partition coefficient (Wildman–Crippen LogP) is 4.45. The van der Waals surface area contributed by atoms with Crippen LogP contribution in [0.1, 0.15) is 58.6 Å². The van der Waals surface area contributed by atoms with Crippen LogP contribution in [0.5, 0.6) is 0 Å². The van der Waals surface area contributed by atoms with Gasteiger partial charge < -0.3 is 25.6 Å². The van der Waals surface area contributed by atoms with E-state index in [1.54, 1.807) is 25.7 Å². The molecule has 0 bridgehead atoms. The van der Waals surface area contributed by atoms with Gasteiger partial charge in [0.05, 0.1) is 0 Å². The van der Waals surface area contributed by atoms with Gasteiger partial charge in [-0.05, 0) is 64.2 Å². The Kier molecular flexibility index (Phi) is 10.9. The van der Waals surface area contributed by atoms with Crippen molar-refractivity contribution in [1.82, 2.24) is 15.5 Å². The normalized spacial score (nSPS) is 15.5. The van der Waals surface area contributed by atoms with Crippen LogP contribution in [0.2, 0.25) is 0 Å². The molecule has 0 aliphatic carbocycles. The van der Waals surface area contributed by atoms with E-state index in [2.05, 4.69) is 16.0 Å². The number of amides is 4. The van der Waals surface area contributed by atoms with Gasteiger partial charge >= 0.3 is 6.09 Å². The Bertz CT molecular complexity index is 1180. The number of nitrogens with zero attached hydrogens (tertiary/aromatic N) is 1. The van der Waals surface area contributed by atoms with Crippen molar-refractivity contribution in [3.05, 3.63) is 65.7 Å². The molecule has 0 spiro atoms. The number of carbonyl (C=O) groups is 4. The van der Waals surface area contributed by atoms with Crippen molar-refractivity contribution in [1.29, 1.82) is 0 Å². The van der Waals surface area contributed by atoms with Gasteiger partial charge in [0.2, 0.25) is 17.7 Å². The molecule has 1 aliphatic heterocycles. The minimum atomic E-state index is -0.798. The van der Waals surface area contributed by atoms with E-state index in [1.807, 2.05) is 75.4 Å². The maximum Gasteiger partial charge on any atom is 0.408 e.